The number of hydrogen-bond acceptors (Lipinski definition) is 9. The molecule has 12 nitrogen and oxygen atoms in total. The van der Waals surface area contributed by atoms with Gasteiger partial charge in [-0.1, -0.05) is 12.1 Å². The summed E-state index contributed by atoms with van der Waals surface area (Å²) in [5.74, 6) is 0.227. The molecule has 3 unspecified atom stereocenters. The fourth-order valence-corrected chi connectivity index (χ4v) is 9.44. The number of benzene rings is 2. The van der Waals surface area contributed by atoms with Crippen LogP contribution in [0.5, 0.6) is 5.75 Å². The average Bonchev–Trinajstić information content (AvgIpc) is 3.15. The molecule has 1 spiro atoms. The summed E-state index contributed by atoms with van der Waals surface area (Å²) in [5.41, 5.74) is 5.78. The van der Waals surface area contributed by atoms with Crippen LogP contribution in [0, 0.1) is 12.3 Å². The van der Waals surface area contributed by atoms with E-state index in [-0.39, 0.29) is 40.7 Å². The molecule has 1 aromatic heterocycles. The highest BCUT2D eigenvalue weighted by molar-refractivity contribution is 9.10. The summed E-state index contributed by atoms with van der Waals surface area (Å²) in [6.45, 7) is 7.26. The second kappa shape index (κ2) is 15.3. The summed E-state index contributed by atoms with van der Waals surface area (Å²) in [6.07, 6.45) is 7.57. The number of methoxy groups -OCH3 is 1. The highest BCUT2D eigenvalue weighted by atomic mass is 79.9. The van der Waals surface area contributed by atoms with Crippen molar-refractivity contribution in [2.24, 2.45) is 12.5 Å². The van der Waals surface area contributed by atoms with Crippen molar-refractivity contribution in [2.45, 2.75) is 69.7 Å². The van der Waals surface area contributed by atoms with Crippen LogP contribution in [0.1, 0.15) is 83.8 Å². The van der Waals surface area contributed by atoms with Crippen molar-refractivity contribution in [2.75, 3.05) is 63.6 Å². The second-order valence-electron chi connectivity index (χ2n) is 15.6. The predicted molar refractivity (Wildman–Crippen MR) is 208 cm³/mol. The molecule has 3 aromatic rings. The number of rotatable bonds is 7. The highest BCUT2D eigenvalue weighted by Crippen LogP contribution is 2.44. The minimum atomic E-state index is -0.388. The molecule has 13 heteroatoms. The zero-order valence-corrected chi connectivity index (χ0v) is 32.7. The van der Waals surface area contributed by atoms with Crippen molar-refractivity contribution < 1.29 is 19.1 Å². The topological polar surface area (TPSA) is 129 Å². The van der Waals surface area contributed by atoms with Gasteiger partial charge in [-0.05, 0) is 109 Å². The Balaban J connectivity index is 0.930. The number of aromatic nitrogens is 2. The molecule has 7 rings (SSSR count). The van der Waals surface area contributed by atoms with E-state index in [0.717, 1.165) is 93.8 Å². The molecule has 0 saturated carbocycles. The molecule has 4 aliphatic rings. The maximum Gasteiger partial charge on any atom is 0.282 e. The molecular weight excluding hydrogens is 738 g/mol. The normalized spacial score (nSPS) is 23.5. The van der Waals surface area contributed by atoms with Gasteiger partial charge in [0.1, 0.15) is 10.2 Å². The van der Waals surface area contributed by atoms with Gasteiger partial charge in [-0.15, -0.1) is 0 Å². The van der Waals surface area contributed by atoms with Gasteiger partial charge < -0.3 is 24.8 Å². The zero-order valence-electron chi connectivity index (χ0n) is 31.1. The van der Waals surface area contributed by atoms with Crippen LogP contribution >= 0.6 is 15.9 Å². The quantitative estimate of drug-likeness (QED) is 0.325. The number of anilines is 2. The molecule has 282 valence electrons. The van der Waals surface area contributed by atoms with E-state index in [0.29, 0.717) is 34.7 Å². The molecule has 2 aromatic carbocycles. The Kier molecular flexibility index (Phi) is 10.7. The van der Waals surface area contributed by atoms with E-state index in [1.807, 2.05) is 17.0 Å². The van der Waals surface area contributed by atoms with Gasteiger partial charge in [-0.2, -0.15) is 5.10 Å². The van der Waals surface area contributed by atoms with Gasteiger partial charge in [-0.25, -0.2) is 4.68 Å². The van der Waals surface area contributed by atoms with Crippen molar-refractivity contribution in [1.82, 2.24) is 24.9 Å². The van der Waals surface area contributed by atoms with Crippen molar-refractivity contribution >= 4 is 45.0 Å². The van der Waals surface area contributed by atoms with E-state index in [1.165, 1.54) is 10.2 Å². The number of halogens is 1. The van der Waals surface area contributed by atoms with Crippen LogP contribution in [-0.2, 0) is 16.6 Å². The van der Waals surface area contributed by atoms with Crippen LogP contribution in [0.4, 0.5) is 11.4 Å². The zero-order chi connectivity index (χ0) is 37.4. The Morgan fingerprint density at radius 1 is 1.00 bits per heavy atom. The van der Waals surface area contributed by atoms with E-state index in [1.54, 1.807) is 20.4 Å². The minimum absolute atomic E-state index is 0.103. The average molecular weight is 789 g/mol. The number of nitrogens with zero attached hydrogens (tertiary/aromatic N) is 5. The predicted octanol–water partition coefficient (Wildman–Crippen LogP) is 4.80. The van der Waals surface area contributed by atoms with E-state index >= 15 is 0 Å². The number of carbonyl (C=O) groups excluding carboxylic acids is 3. The summed E-state index contributed by atoms with van der Waals surface area (Å²) in [5, 5.41) is 10.2. The number of likely N-dealkylation sites (N-methyl/N-ethyl adjacent to an activating group) is 1. The molecule has 3 amide bonds. The highest BCUT2D eigenvalue weighted by Gasteiger charge is 2.39. The van der Waals surface area contributed by atoms with Gasteiger partial charge in [0.25, 0.3) is 11.5 Å². The molecule has 0 bridgehead atoms. The van der Waals surface area contributed by atoms with Crippen molar-refractivity contribution in [3.05, 3.63) is 79.7 Å². The number of carbonyl (C=O) groups is 3. The number of likely N-dealkylation sites (tertiary alicyclic amines) is 2. The first kappa shape index (κ1) is 37.1. The lowest BCUT2D eigenvalue weighted by Crippen LogP contribution is -2.48. The van der Waals surface area contributed by atoms with Gasteiger partial charge in [0.05, 0.1) is 24.9 Å². The van der Waals surface area contributed by atoms with Gasteiger partial charge in [0.2, 0.25) is 11.8 Å². The number of piperidine rings is 4. The number of hydrogen-bond donors (Lipinski definition) is 2. The first-order valence-corrected chi connectivity index (χ1v) is 19.6. The summed E-state index contributed by atoms with van der Waals surface area (Å²) in [7, 11) is 5.39. The van der Waals surface area contributed by atoms with E-state index in [4.69, 9.17) is 4.74 Å². The van der Waals surface area contributed by atoms with Gasteiger partial charge in [0, 0.05) is 81.7 Å². The summed E-state index contributed by atoms with van der Waals surface area (Å²) in [4.78, 5) is 57.1. The molecule has 3 atom stereocenters. The van der Waals surface area contributed by atoms with Crippen LogP contribution in [0.2, 0.25) is 0 Å². The Morgan fingerprint density at radius 3 is 2.38 bits per heavy atom. The molecule has 53 heavy (non-hydrogen) atoms. The number of aryl methyl sites for hydroxylation is 2. The number of imide groups is 1. The fraction of sp³-hybridized carbons (Fsp3) is 0.525. The lowest BCUT2D eigenvalue weighted by molar-refractivity contribution is -0.134. The minimum Gasteiger partial charge on any atom is -0.496 e. The maximum absolute atomic E-state index is 13.7. The van der Waals surface area contributed by atoms with Crippen LogP contribution in [0.25, 0.3) is 0 Å². The van der Waals surface area contributed by atoms with Gasteiger partial charge >= 0.3 is 0 Å². The Labute approximate surface area is 319 Å². The van der Waals surface area contributed by atoms with Crippen molar-refractivity contribution in [3.8, 4) is 5.75 Å². The molecule has 4 aliphatic heterocycles. The van der Waals surface area contributed by atoms with Gasteiger partial charge in [-0.3, -0.25) is 24.5 Å². The molecular formula is C40H50BrN7O5. The Hall–Kier alpha value is -4.23. The summed E-state index contributed by atoms with van der Waals surface area (Å²) in [6, 6.07) is 12.5. The fourth-order valence-electron chi connectivity index (χ4n) is 8.96. The van der Waals surface area contributed by atoms with E-state index < -0.39 is 0 Å². The number of amides is 3. The smallest absolute Gasteiger partial charge is 0.282 e. The summed E-state index contributed by atoms with van der Waals surface area (Å²) < 4.78 is 7.57. The first-order valence-electron chi connectivity index (χ1n) is 18.8. The Morgan fingerprint density at radius 2 is 1.70 bits per heavy atom. The Bertz CT molecular complexity index is 1930. The molecule has 4 fully saturated rings. The lowest BCUT2D eigenvalue weighted by atomic mass is 9.71. The largest absolute Gasteiger partial charge is 0.496 e. The van der Waals surface area contributed by atoms with Crippen LogP contribution in [0.15, 0.2) is 51.9 Å². The molecule has 0 aliphatic carbocycles. The lowest BCUT2D eigenvalue weighted by Gasteiger charge is -2.47. The standard InChI is InChI=1S/C40H50BrN7O5/c1-25-19-31(30-9-10-35(49)44-37(30)50)34(53-4)21-33(25)47-15-11-40(12-16-47)13-17-48(18-14-40)38(51)27-7-5-26(6-8-27)28-20-29(24-45(2)23-28)43-32-22-42-46(3)39(52)36(32)41/h5-8,19,21-22,28-30,43H,9-18,20,23-24H2,1-4H3,(H,44,49,50). The van der Waals surface area contributed by atoms with Crippen molar-refractivity contribution in [3.63, 3.8) is 0 Å². The van der Waals surface area contributed by atoms with Gasteiger partial charge in [0.15, 0.2) is 0 Å². The maximum atomic E-state index is 13.7. The van der Waals surface area contributed by atoms with Crippen LogP contribution in [-0.4, -0.2) is 96.8 Å². The molecule has 4 saturated heterocycles. The third-order valence-electron chi connectivity index (χ3n) is 12.1. The first-order chi connectivity index (χ1) is 25.4. The number of nitrogens with one attached hydrogen (secondary N) is 2. The SMILES string of the molecule is COc1cc(N2CCC3(CCN(C(=O)c4ccc(C5CC(Nc6cnn(C)c(=O)c6Br)CN(C)C5)cc4)CC3)CC2)c(C)cc1C1CCC(=O)NC1=O. The monoisotopic (exact) mass is 787 g/mol. The third-order valence-corrected chi connectivity index (χ3v) is 12.9. The van der Waals surface area contributed by atoms with Crippen LogP contribution in [0.3, 0.4) is 0 Å². The third kappa shape index (κ3) is 7.73. The van der Waals surface area contributed by atoms with Crippen molar-refractivity contribution in [1.29, 1.82) is 0 Å². The second-order valence-corrected chi connectivity index (χ2v) is 16.4. The van der Waals surface area contributed by atoms with E-state index in [9.17, 15) is 19.2 Å². The molecule has 5 heterocycles. The number of ether oxygens (including phenoxy) is 1. The van der Waals surface area contributed by atoms with E-state index in [2.05, 4.69) is 79.7 Å². The molecule has 2 N–H and O–H groups in total. The summed E-state index contributed by atoms with van der Waals surface area (Å²) >= 11 is 3.43. The van der Waals surface area contributed by atoms with Crippen LogP contribution < -0.4 is 25.8 Å². The molecule has 0 radical (unpaired) electrons.